The Morgan fingerprint density at radius 1 is 1.19 bits per heavy atom. The van der Waals surface area contributed by atoms with Crippen molar-refractivity contribution >= 4 is 30.7 Å². The van der Waals surface area contributed by atoms with Gasteiger partial charge in [-0.25, -0.2) is 4.79 Å². The van der Waals surface area contributed by atoms with Crippen molar-refractivity contribution in [2.75, 3.05) is 7.05 Å². The molecule has 1 N–H and O–H groups in total. The monoisotopic (exact) mass is 222 g/mol. The second kappa shape index (κ2) is 7.75. The van der Waals surface area contributed by atoms with Gasteiger partial charge in [0.2, 0.25) is 5.91 Å². The zero-order chi connectivity index (χ0) is 12.2. The van der Waals surface area contributed by atoms with Crippen LogP contribution in [0.5, 0.6) is 0 Å². The number of rotatable bonds is 5. The first-order valence-corrected chi connectivity index (χ1v) is 5.25. The number of carbonyl (C=O) groups is 2. The van der Waals surface area contributed by atoms with Crippen LogP contribution in [-0.4, -0.2) is 53.8 Å². The van der Waals surface area contributed by atoms with Crippen LogP contribution in [0.15, 0.2) is 0 Å². The summed E-state index contributed by atoms with van der Waals surface area (Å²) in [6.45, 7) is 7.49. The molecule has 4 nitrogen and oxygen atoms in total. The summed E-state index contributed by atoms with van der Waals surface area (Å²) in [5, 5.41) is 9.00. The largest absolute Gasteiger partial charge is 0.480 e. The molecule has 16 heavy (non-hydrogen) atoms. The molecule has 0 rings (SSSR count). The normalized spacial score (nSPS) is 12.2. The molecule has 89 valence electrons. The quantitative estimate of drug-likeness (QED) is 0.711. The van der Waals surface area contributed by atoms with Crippen molar-refractivity contribution in [3.05, 3.63) is 0 Å². The molecule has 1 amide bonds. The van der Waals surface area contributed by atoms with Gasteiger partial charge < -0.3 is 10.0 Å². The molecular formula is C11H21LiNO3. The molecule has 0 fully saturated rings. The third-order valence-corrected chi connectivity index (χ3v) is 2.28. The zero-order valence-electron chi connectivity index (χ0n) is 11.2. The summed E-state index contributed by atoms with van der Waals surface area (Å²) in [5.74, 6) is -0.874. The number of carboxylic acid groups (broad SMARTS) is 1. The summed E-state index contributed by atoms with van der Waals surface area (Å²) in [7, 11) is 1.56. The van der Waals surface area contributed by atoms with Crippen molar-refractivity contribution in [3.8, 4) is 0 Å². The minimum Gasteiger partial charge on any atom is -0.480 e. The molecule has 5 heteroatoms. The van der Waals surface area contributed by atoms with Crippen LogP contribution in [0, 0.1) is 11.8 Å². The van der Waals surface area contributed by atoms with Gasteiger partial charge in [0, 0.05) is 32.3 Å². The Bertz CT molecular complexity index is 241. The van der Waals surface area contributed by atoms with Gasteiger partial charge in [-0.05, 0) is 11.8 Å². The molecule has 0 aliphatic heterocycles. The zero-order valence-corrected chi connectivity index (χ0v) is 11.2. The molecule has 0 aromatic heterocycles. The number of carbonyl (C=O) groups excluding carboxylic acids is 1. The number of amides is 1. The predicted octanol–water partition coefficient (Wildman–Crippen LogP) is 1.22. The molecule has 0 heterocycles. The van der Waals surface area contributed by atoms with Crippen molar-refractivity contribution in [2.24, 2.45) is 11.8 Å². The van der Waals surface area contributed by atoms with E-state index in [1.54, 1.807) is 20.9 Å². The van der Waals surface area contributed by atoms with Crippen molar-refractivity contribution in [3.63, 3.8) is 0 Å². The van der Waals surface area contributed by atoms with E-state index in [1.807, 2.05) is 13.8 Å². The average Bonchev–Trinajstić information content (AvgIpc) is 2.00. The molecule has 0 aromatic carbocycles. The Balaban J connectivity index is 0. The van der Waals surface area contributed by atoms with Crippen molar-refractivity contribution in [2.45, 2.75) is 40.2 Å². The van der Waals surface area contributed by atoms with E-state index in [-0.39, 0.29) is 36.6 Å². The van der Waals surface area contributed by atoms with Crippen LogP contribution in [0.3, 0.4) is 0 Å². The third-order valence-electron chi connectivity index (χ3n) is 2.28. The number of carboxylic acids is 1. The summed E-state index contributed by atoms with van der Waals surface area (Å²) < 4.78 is 0. The van der Waals surface area contributed by atoms with E-state index in [1.165, 1.54) is 4.90 Å². The average molecular weight is 222 g/mol. The maximum atomic E-state index is 11.7. The second-order valence-corrected chi connectivity index (χ2v) is 4.63. The molecule has 0 aliphatic rings. The summed E-state index contributed by atoms with van der Waals surface area (Å²) in [5.41, 5.74) is 0. The first kappa shape index (κ1) is 17.9. The number of likely N-dealkylation sites (N-methyl/N-ethyl adjacent to an activating group) is 1. The van der Waals surface area contributed by atoms with Crippen LogP contribution in [-0.2, 0) is 9.59 Å². The topological polar surface area (TPSA) is 57.6 Å². The molecule has 0 saturated carbocycles. The molecule has 0 unspecified atom stereocenters. The number of hydrogen-bond acceptors (Lipinski definition) is 2. The van der Waals surface area contributed by atoms with E-state index < -0.39 is 12.0 Å². The van der Waals surface area contributed by atoms with Gasteiger partial charge in [-0.3, -0.25) is 4.79 Å². The molecule has 0 bridgehead atoms. The van der Waals surface area contributed by atoms with Crippen LogP contribution in [0.25, 0.3) is 0 Å². The fourth-order valence-corrected chi connectivity index (χ4v) is 1.55. The third kappa shape index (κ3) is 5.57. The van der Waals surface area contributed by atoms with Gasteiger partial charge in [-0.1, -0.05) is 27.7 Å². The number of hydrogen-bond donors (Lipinski definition) is 1. The Morgan fingerprint density at radius 3 is 1.88 bits per heavy atom. The van der Waals surface area contributed by atoms with E-state index in [2.05, 4.69) is 0 Å². The van der Waals surface area contributed by atoms with Gasteiger partial charge >= 0.3 is 5.97 Å². The fraction of sp³-hybridized carbons (Fsp3) is 0.818. The summed E-state index contributed by atoms with van der Waals surface area (Å²) in [6.07, 6.45) is 0.396. The Morgan fingerprint density at radius 2 is 1.62 bits per heavy atom. The van der Waals surface area contributed by atoms with Crippen molar-refractivity contribution in [1.29, 1.82) is 0 Å². The summed E-state index contributed by atoms with van der Waals surface area (Å²) >= 11 is 0. The minimum absolute atomic E-state index is 0. The molecule has 0 aliphatic carbocycles. The predicted molar refractivity (Wildman–Crippen MR) is 64.2 cm³/mol. The van der Waals surface area contributed by atoms with Gasteiger partial charge in [0.1, 0.15) is 6.04 Å². The maximum absolute atomic E-state index is 11.7. The van der Waals surface area contributed by atoms with Crippen molar-refractivity contribution in [1.82, 2.24) is 4.90 Å². The van der Waals surface area contributed by atoms with E-state index in [9.17, 15) is 9.59 Å². The fourth-order valence-electron chi connectivity index (χ4n) is 1.55. The van der Waals surface area contributed by atoms with E-state index >= 15 is 0 Å². The first-order valence-electron chi connectivity index (χ1n) is 5.25. The number of nitrogens with zero attached hydrogens (tertiary/aromatic N) is 1. The Hall–Kier alpha value is -0.463. The Kier molecular flexibility index (Phi) is 8.68. The van der Waals surface area contributed by atoms with Gasteiger partial charge in [0.25, 0.3) is 0 Å². The van der Waals surface area contributed by atoms with Gasteiger partial charge in [0.15, 0.2) is 0 Å². The molecule has 0 saturated heterocycles. The SMILES string of the molecule is CC(C)CC(=O)N(C)[C@H](C(=O)O)C(C)C.[Li]. The van der Waals surface area contributed by atoms with E-state index in [0.29, 0.717) is 6.42 Å². The minimum atomic E-state index is -0.940. The van der Waals surface area contributed by atoms with Gasteiger partial charge in [-0.15, -0.1) is 0 Å². The first-order chi connectivity index (χ1) is 6.77. The van der Waals surface area contributed by atoms with Gasteiger partial charge in [-0.2, -0.15) is 0 Å². The van der Waals surface area contributed by atoms with Crippen LogP contribution in [0.2, 0.25) is 0 Å². The van der Waals surface area contributed by atoms with E-state index in [4.69, 9.17) is 5.11 Å². The van der Waals surface area contributed by atoms with Crippen molar-refractivity contribution < 1.29 is 14.7 Å². The summed E-state index contributed by atoms with van der Waals surface area (Å²) in [4.78, 5) is 24.0. The molecule has 1 atom stereocenters. The van der Waals surface area contributed by atoms with Crippen LogP contribution in [0.1, 0.15) is 34.1 Å². The molecule has 0 aromatic rings. The van der Waals surface area contributed by atoms with Crippen LogP contribution < -0.4 is 0 Å². The summed E-state index contributed by atoms with van der Waals surface area (Å²) in [6, 6.07) is -0.726. The molecule has 1 radical (unpaired) electrons. The Labute approximate surface area is 110 Å². The molecule has 0 spiro atoms. The van der Waals surface area contributed by atoms with Crippen LogP contribution >= 0.6 is 0 Å². The number of aliphatic carboxylic acids is 1. The maximum Gasteiger partial charge on any atom is 0.326 e. The van der Waals surface area contributed by atoms with E-state index in [0.717, 1.165) is 0 Å². The van der Waals surface area contributed by atoms with Crippen LogP contribution in [0.4, 0.5) is 0 Å². The smallest absolute Gasteiger partial charge is 0.326 e. The standard InChI is InChI=1S/C11H21NO3.Li/c1-7(2)6-9(13)12(5)10(8(3)4)11(14)15;/h7-8,10H,6H2,1-5H3,(H,14,15);/t10-;/m0./s1. The molecular weight excluding hydrogens is 201 g/mol. The second-order valence-electron chi connectivity index (χ2n) is 4.63. The van der Waals surface area contributed by atoms with Gasteiger partial charge in [0.05, 0.1) is 0 Å².